The zero-order chi connectivity index (χ0) is 9.42. The Labute approximate surface area is 75.8 Å². The van der Waals surface area contributed by atoms with E-state index in [9.17, 15) is 13.6 Å². The molecule has 1 heterocycles. The van der Waals surface area contributed by atoms with Crippen LogP contribution in [0.25, 0.3) is 10.2 Å². The second-order valence-corrected chi connectivity index (χ2v) is 3.41. The molecule has 0 spiro atoms. The molecule has 0 fully saturated rings. The predicted molar refractivity (Wildman–Crippen MR) is 44.9 cm³/mol. The lowest BCUT2D eigenvalue weighted by molar-refractivity contribution is 0.112. The molecule has 5 heteroatoms. The van der Waals surface area contributed by atoms with Crippen molar-refractivity contribution in [3.63, 3.8) is 0 Å². The lowest BCUT2D eigenvalue weighted by atomic mass is 10.3. The van der Waals surface area contributed by atoms with Gasteiger partial charge in [-0.2, -0.15) is 0 Å². The first-order valence-electron chi connectivity index (χ1n) is 3.42. The fourth-order valence-corrected chi connectivity index (χ4v) is 1.81. The minimum atomic E-state index is -0.610. The van der Waals surface area contributed by atoms with E-state index in [1.165, 1.54) is 0 Å². The van der Waals surface area contributed by atoms with Crippen molar-refractivity contribution in [1.29, 1.82) is 0 Å². The van der Waals surface area contributed by atoms with E-state index >= 15 is 0 Å². The highest BCUT2D eigenvalue weighted by molar-refractivity contribution is 7.20. The molecule has 0 unspecified atom stereocenters. The normalized spacial score (nSPS) is 10.6. The minimum absolute atomic E-state index is 0.0768. The van der Waals surface area contributed by atoms with Gasteiger partial charge in [-0.25, -0.2) is 13.8 Å². The van der Waals surface area contributed by atoms with Gasteiger partial charge in [-0.05, 0) is 12.1 Å². The van der Waals surface area contributed by atoms with Crippen molar-refractivity contribution in [1.82, 2.24) is 4.98 Å². The van der Waals surface area contributed by atoms with E-state index in [-0.39, 0.29) is 15.2 Å². The molecule has 0 amide bonds. The summed E-state index contributed by atoms with van der Waals surface area (Å²) in [5, 5.41) is 0.0824. The molecule has 0 aliphatic heterocycles. The number of thiazole rings is 1. The minimum Gasteiger partial charge on any atom is -0.295 e. The number of halogens is 2. The summed E-state index contributed by atoms with van der Waals surface area (Å²) in [6, 6.07) is 2.01. The molecular formula is C8H3F2NOS. The maximum Gasteiger partial charge on any atom is 0.178 e. The summed E-state index contributed by atoms with van der Waals surface area (Å²) in [6.07, 6.45) is 0.476. The SMILES string of the molecule is O=Cc1nc2c(F)ccc(F)c2s1. The third-order valence-corrected chi connectivity index (χ3v) is 2.55. The van der Waals surface area contributed by atoms with Crippen molar-refractivity contribution in [3.05, 3.63) is 28.8 Å². The first-order valence-corrected chi connectivity index (χ1v) is 4.23. The van der Waals surface area contributed by atoms with Gasteiger partial charge in [0.05, 0.1) is 4.70 Å². The summed E-state index contributed by atoms with van der Waals surface area (Å²) in [5.41, 5.74) is -0.0768. The van der Waals surface area contributed by atoms with Crippen molar-refractivity contribution < 1.29 is 13.6 Å². The molecule has 2 rings (SSSR count). The summed E-state index contributed by atoms with van der Waals surface area (Å²) in [6.45, 7) is 0. The third-order valence-electron chi connectivity index (χ3n) is 1.56. The average Bonchev–Trinajstić information content (AvgIpc) is 2.56. The molecule has 0 saturated heterocycles. The predicted octanol–water partition coefficient (Wildman–Crippen LogP) is 2.39. The van der Waals surface area contributed by atoms with Crippen LogP contribution in [0.4, 0.5) is 8.78 Å². The number of fused-ring (bicyclic) bond motifs is 1. The van der Waals surface area contributed by atoms with Crippen LogP contribution < -0.4 is 0 Å². The maximum absolute atomic E-state index is 13.0. The van der Waals surface area contributed by atoms with Crippen LogP contribution in [0.3, 0.4) is 0 Å². The third kappa shape index (κ3) is 1.21. The van der Waals surface area contributed by atoms with Gasteiger partial charge >= 0.3 is 0 Å². The van der Waals surface area contributed by atoms with Crippen LogP contribution in [0, 0.1) is 11.6 Å². The topological polar surface area (TPSA) is 30.0 Å². The second-order valence-electron chi connectivity index (χ2n) is 2.38. The van der Waals surface area contributed by atoms with Crippen molar-refractivity contribution in [2.45, 2.75) is 0 Å². The van der Waals surface area contributed by atoms with Gasteiger partial charge in [0.1, 0.15) is 11.3 Å². The summed E-state index contributed by atoms with van der Waals surface area (Å²) in [5.74, 6) is -1.16. The highest BCUT2D eigenvalue weighted by Gasteiger charge is 2.11. The van der Waals surface area contributed by atoms with Gasteiger partial charge in [-0.1, -0.05) is 0 Å². The number of hydrogen-bond acceptors (Lipinski definition) is 3. The van der Waals surface area contributed by atoms with Crippen LogP contribution in [0.15, 0.2) is 12.1 Å². The molecule has 2 aromatic rings. The Balaban J connectivity index is 2.87. The fraction of sp³-hybridized carbons (Fsp3) is 0. The Hall–Kier alpha value is -1.36. The number of hydrogen-bond donors (Lipinski definition) is 0. The zero-order valence-corrected chi connectivity index (χ0v) is 7.07. The van der Waals surface area contributed by atoms with Crippen LogP contribution in [0.2, 0.25) is 0 Å². The Bertz CT molecular complexity index is 441. The number of rotatable bonds is 1. The quantitative estimate of drug-likeness (QED) is 0.660. The van der Waals surface area contributed by atoms with Crippen LogP contribution in [0.1, 0.15) is 9.80 Å². The van der Waals surface area contributed by atoms with Crippen molar-refractivity contribution in [2.75, 3.05) is 0 Å². The number of aromatic nitrogens is 1. The number of benzene rings is 1. The van der Waals surface area contributed by atoms with E-state index in [0.717, 1.165) is 23.5 Å². The Kier molecular flexibility index (Phi) is 1.81. The lowest BCUT2D eigenvalue weighted by Crippen LogP contribution is -1.81. The molecule has 0 N–H and O–H groups in total. The molecule has 1 aromatic heterocycles. The van der Waals surface area contributed by atoms with Crippen molar-refractivity contribution >= 4 is 27.8 Å². The van der Waals surface area contributed by atoms with Crippen LogP contribution in [-0.4, -0.2) is 11.3 Å². The monoisotopic (exact) mass is 199 g/mol. The Morgan fingerprint density at radius 3 is 2.62 bits per heavy atom. The second kappa shape index (κ2) is 2.85. The summed E-state index contributed by atoms with van der Waals surface area (Å²) in [4.78, 5) is 13.9. The first-order chi connectivity index (χ1) is 6.22. The van der Waals surface area contributed by atoms with Gasteiger partial charge in [0.15, 0.2) is 17.1 Å². The maximum atomic E-state index is 13.0. The first kappa shape index (κ1) is 8.25. The van der Waals surface area contributed by atoms with E-state index in [1.54, 1.807) is 0 Å². The van der Waals surface area contributed by atoms with Crippen LogP contribution in [-0.2, 0) is 0 Å². The van der Waals surface area contributed by atoms with E-state index in [2.05, 4.69) is 4.98 Å². The van der Waals surface area contributed by atoms with E-state index in [1.807, 2.05) is 0 Å². The molecule has 13 heavy (non-hydrogen) atoms. The van der Waals surface area contributed by atoms with E-state index in [4.69, 9.17) is 0 Å². The largest absolute Gasteiger partial charge is 0.295 e. The van der Waals surface area contributed by atoms with Crippen molar-refractivity contribution in [3.8, 4) is 0 Å². The molecule has 0 bridgehead atoms. The van der Waals surface area contributed by atoms with Gasteiger partial charge in [0.25, 0.3) is 0 Å². The van der Waals surface area contributed by atoms with Gasteiger partial charge < -0.3 is 0 Å². The van der Waals surface area contributed by atoms with Gasteiger partial charge in [-0.15, -0.1) is 11.3 Å². The number of carbonyl (C=O) groups excluding carboxylic acids is 1. The zero-order valence-electron chi connectivity index (χ0n) is 6.25. The van der Waals surface area contributed by atoms with Gasteiger partial charge in [-0.3, -0.25) is 4.79 Å². The Morgan fingerprint density at radius 1 is 1.31 bits per heavy atom. The van der Waals surface area contributed by atoms with E-state index < -0.39 is 11.6 Å². The summed E-state index contributed by atoms with van der Waals surface area (Å²) < 4.78 is 26.1. The molecular weight excluding hydrogens is 196 g/mol. The molecule has 66 valence electrons. The number of nitrogens with zero attached hydrogens (tertiary/aromatic N) is 1. The molecule has 0 aliphatic carbocycles. The Morgan fingerprint density at radius 2 is 2.00 bits per heavy atom. The molecule has 0 aliphatic rings. The number of carbonyl (C=O) groups is 1. The highest BCUT2D eigenvalue weighted by Crippen LogP contribution is 2.25. The summed E-state index contributed by atoms with van der Waals surface area (Å²) in [7, 11) is 0. The molecule has 0 saturated carbocycles. The van der Waals surface area contributed by atoms with Crippen LogP contribution in [0.5, 0.6) is 0 Å². The molecule has 0 atom stereocenters. The van der Waals surface area contributed by atoms with Crippen molar-refractivity contribution in [2.24, 2.45) is 0 Å². The number of aldehydes is 1. The lowest BCUT2D eigenvalue weighted by Gasteiger charge is -1.90. The summed E-state index contributed by atoms with van der Waals surface area (Å²) >= 11 is 0.844. The fourth-order valence-electron chi connectivity index (χ4n) is 1.01. The average molecular weight is 199 g/mol. The van der Waals surface area contributed by atoms with Gasteiger partial charge in [0.2, 0.25) is 0 Å². The highest BCUT2D eigenvalue weighted by atomic mass is 32.1. The van der Waals surface area contributed by atoms with Crippen LogP contribution >= 0.6 is 11.3 Å². The standard InChI is InChI=1S/C8H3F2NOS/c9-4-1-2-5(10)8-7(4)11-6(3-12)13-8/h1-3H. The van der Waals surface area contributed by atoms with Gasteiger partial charge in [0, 0.05) is 0 Å². The molecule has 1 aromatic carbocycles. The molecule has 2 nitrogen and oxygen atoms in total. The smallest absolute Gasteiger partial charge is 0.178 e. The molecule has 0 radical (unpaired) electrons. The van der Waals surface area contributed by atoms with E-state index in [0.29, 0.717) is 6.29 Å².